The Hall–Kier alpha value is -1.80. The summed E-state index contributed by atoms with van der Waals surface area (Å²) in [6.07, 6.45) is 2.87. The molecule has 0 aromatic carbocycles. The first kappa shape index (κ1) is 10.7. The van der Waals surface area contributed by atoms with Crippen LogP contribution in [0.15, 0.2) is 29.4 Å². The molecule has 0 aliphatic carbocycles. The lowest BCUT2D eigenvalue weighted by Gasteiger charge is -1.98. The Balaban J connectivity index is 2.40. The minimum atomic E-state index is -3.70. The van der Waals surface area contributed by atoms with Gasteiger partial charge in [0.05, 0.1) is 11.9 Å². The highest BCUT2D eigenvalue weighted by Crippen LogP contribution is 2.14. The second-order valence-electron chi connectivity index (χ2n) is 3.20. The molecule has 8 heteroatoms. The maximum absolute atomic E-state index is 11.0. The van der Waals surface area contributed by atoms with Gasteiger partial charge < -0.3 is 0 Å². The summed E-state index contributed by atoms with van der Waals surface area (Å²) in [5, 5.41) is 12.5. The van der Waals surface area contributed by atoms with Crippen molar-refractivity contribution in [2.75, 3.05) is 0 Å². The van der Waals surface area contributed by atoms with Gasteiger partial charge in [0.15, 0.2) is 0 Å². The molecular formula is C8H9N5O2S. The van der Waals surface area contributed by atoms with Gasteiger partial charge in [0.2, 0.25) is 10.0 Å². The molecule has 0 aliphatic heterocycles. The zero-order chi connectivity index (χ0) is 11.8. The number of pyridine rings is 1. The molecular weight excluding hydrogens is 230 g/mol. The summed E-state index contributed by atoms with van der Waals surface area (Å²) >= 11 is 0. The Morgan fingerprint density at radius 1 is 1.31 bits per heavy atom. The van der Waals surface area contributed by atoms with Crippen LogP contribution in [0.5, 0.6) is 0 Å². The monoisotopic (exact) mass is 239 g/mol. The SMILES string of the molecule is Cn1cc(-c2ccc(S(N)(=O)=O)cn2)nn1. The lowest BCUT2D eigenvalue weighted by molar-refractivity contribution is 0.597. The topological polar surface area (TPSA) is 104 Å². The van der Waals surface area contributed by atoms with E-state index in [1.165, 1.54) is 23.0 Å². The fourth-order valence-electron chi connectivity index (χ4n) is 1.16. The fraction of sp³-hybridized carbons (Fsp3) is 0.125. The predicted molar refractivity (Wildman–Crippen MR) is 55.6 cm³/mol. The lowest BCUT2D eigenvalue weighted by atomic mass is 10.3. The Labute approximate surface area is 92.0 Å². The molecule has 84 valence electrons. The molecule has 0 atom stereocenters. The van der Waals surface area contributed by atoms with Crippen molar-refractivity contribution in [1.82, 2.24) is 20.0 Å². The van der Waals surface area contributed by atoms with Crippen molar-refractivity contribution in [2.24, 2.45) is 12.2 Å². The van der Waals surface area contributed by atoms with Crippen LogP contribution in [0, 0.1) is 0 Å². The van der Waals surface area contributed by atoms with Gasteiger partial charge in [-0.05, 0) is 12.1 Å². The summed E-state index contributed by atoms with van der Waals surface area (Å²) in [6.45, 7) is 0. The molecule has 0 radical (unpaired) electrons. The van der Waals surface area contributed by atoms with Gasteiger partial charge in [0, 0.05) is 13.2 Å². The van der Waals surface area contributed by atoms with Crippen molar-refractivity contribution in [3.63, 3.8) is 0 Å². The van der Waals surface area contributed by atoms with Crippen molar-refractivity contribution in [3.8, 4) is 11.4 Å². The van der Waals surface area contributed by atoms with E-state index in [-0.39, 0.29) is 4.90 Å². The average Bonchev–Trinajstić information content (AvgIpc) is 2.64. The van der Waals surface area contributed by atoms with E-state index in [0.717, 1.165) is 0 Å². The molecule has 16 heavy (non-hydrogen) atoms. The summed E-state index contributed by atoms with van der Waals surface area (Å²) in [7, 11) is -1.97. The van der Waals surface area contributed by atoms with Crippen molar-refractivity contribution in [1.29, 1.82) is 0 Å². The van der Waals surface area contributed by atoms with Gasteiger partial charge in [-0.1, -0.05) is 5.21 Å². The van der Waals surface area contributed by atoms with Crippen LogP contribution >= 0.6 is 0 Å². The van der Waals surface area contributed by atoms with Gasteiger partial charge in [-0.15, -0.1) is 5.10 Å². The largest absolute Gasteiger partial charge is 0.255 e. The quantitative estimate of drug-likeness (QED) is 0.762. The molecule has 0 saturated heterocycles. The van der Waals surface area contributed by atoms with E-state index in [4.69, 9.17) is 5.14 Å². The zero-order valence-electron chi connectivity index (χ0n) is 8.40. The first-order chi connectivity index (χ1) is 7.47. The predicted octanol–water partition coefficient (Wildman–Crippen LogP) is -0.476. The highest BCUT2D eigenvalue weighted by Gasteiger charge is 2.09. The Morgan fingerprint density at radius 2 is 2.06 bits per heavy atom. The molecule has 0 fully saturated rings. The molecule has 0 unspecified atom stereocenters. The first-order valence-electron chi connectivity index (χ1n) is 4.32. The van der Waals surface area contributed by atoms with Gasteiger partial charge in [0.25, 0.3) is 0 Å². The Morgan fingerprint density at radius 3 is 2.50 bits per heavy atom. The molecule has 2 N–H and O–H groups in total. The molecule has 0 amide bonds. The Bertz CT molecular complexity index is 602. The minimum absolute atomic E-state index is 0.0276. The molecule has 2 rings (SSSR count). The van der Waals surface area contributed by atoms with Crippen LogP contribution in [0.4, 0.5) is 0 Å². The van der Waals surface area contributed by atoms with E-state index >= 15 is 0 Å². The molecule has 2 heterocycles. The highest BCUT2D eigenvalue weighted by atomic mass is 32.2. The Kier molecular flexibility index (Phi) is 2.44. The molecule has 0 bridgehead atoms. The van der Waals surface area contributed by atoms with Crippen molar-refractivity contribution in [2.45, 2.75) is 4.90 Å². The molecule has 0 aliphatic rings. The van der Waals surface area contributed by atoms with E-state index in [1.54, 1.807) is 13.2 Å². The number of sulfonamides is 1. The summed E-state index contributed by atoms with van der Waals surface area (Å²) in [5.74, 6) is 0. The van der Waals surface area contributed by atoms with Crippen LogP contribution in [0.25, 0.3) is 11.4 Å². The number of nitrogens with two attached hydrogens (primary N) is 1. The number of rotatable bonds is 2. The van der Waals surface area contributed by atoms with E-state index in [9.17, 15) is 8.42 Å². The number of primary sulfonamides is 1. The fourth-order valence-corrected chi connectivity index (χ4v) is 1.62. The molecule has 2 aromatic heterocycles. The van der Waals surface area contributed by atoms with Crippen LogP contribution in [0.2, 0.25) is 0 Å². The first-order valence-corrected chi connectivity index (χ1v) is 5.87. The lowest BCUT2D eigenvalue weighted by Crippen LogP contribution is -2.12. The summed E-state index contributed by atoms with van der Waals surface area (Å²) < 4.78 is 23.5. The number of aromatic nitrogens is 4. The summed E-state index contributed by atoms with van der Waals surface area (Å²) in [4.78, 5) is 3.93. The van der Waals surface area contributed by atoms with Gasteiger partial charge in [-0.2, -0.15) is 0 Å². The third-order valence-electron chi connectivity index (χ3n) is 1.93. The number of hydrogen-bond donors (Lipinski definition) is 1. The van der Waals surface area contributed by atoms with Crippen LogP contribution in [-0.2, 0) is 17.1 Å². The maximum Gasteiger partial charge on any atom is 0.239 e. The second-order valence-corrected chi connectivity index (χ2v) is 4.76. The number of aryl methyl sites for hydroxylation is 1. The van der Waals surface area contributed by atoms with Crippen LogP contribution in [-0.4, -0.2) is 28.4 Å². The minimum Gasteiger partial charge on any atom is -0.255 e. The van der Waals surface area contributed by atoms with Crippen LogP contribution in [0.3, 0.4) is 0 Å². The molecule has 2 aromatic rings. The van der Waals surface area contributed by atoms with E-state index in [1.807, 2.05) is 0 Å². The van der Waals surface area contributed by atoms with Gasteiger partial charge >= 0.3 is 0 Å². The van der Waals surface area contributed by atoms with Crippen LogP contribution in [0.1, 0.15) is 0 Å². The van der Waals surface area contributed by atoms with Gasteiger partial charge in [0.1, 0.15) is 10.6 Å². The maximum atomic E-state index is 11.0. The molecule has 0 spiro atoms. The zero-order valence-corrected chi connectivity index (χ0v) is 9.22. The standard InChI is InChI=1S/C8H9N5O2S/c1-13-5-8(11-12-13)7-3-2-6(4-10-7)16(9,14)15/h2-5H,1H3,(H2,9,14,15). The highest BCUT2D eigenvalue weighted by molar-refractivity contribution is 7.89. The van der Waals surface area contributed by atoms with Crippen molar-refractivity contribution < 1.29 is 8.42 Å². The number of hydrogen-bond acceptors (Lipinski definition) is 5. The summed E-state index contributed by atoms with van der Waals surface area (Å²) in [6, 6.07) is 2.91. The van der Waals surface area contributed by atoms with Crippen molar-refractivity contribution >= 4 is 10.0 Å². The van der Waals surface area contributed by atoms with E-state index in [0.29, 0.717) is 11.4 Å². The third-order valence-corrected chi connectivity index (χ3v) is 2.83. The smallest absolute Gasteiger partial charge is 0.239 e. The van der Waals surface area contributed by atoms with E-state index in [2.05, 4.69) is 15.3 Å². The van der Waals surface area contributed by atoms with Crippen LogP contribution < -0.4 is 5.14 Å². The van der Waals surface area contributed by atoms with E-state index < -0.39 is 10.0 Å². The average molecular weight is 239 g/mol. The number of nitrogens with zero attached hydrogens (tertiary/aromatic N) is 4. The molecule has 0 saturated carbocycles. The second kappa shape index (κ2) is 3.65. The van der Waals surface area contributed by atoms with Gasteiger partial charge in [-0.3, -0.25) is 9.67 Å². The van der Waals surface area contributed by atoms with Gasteiger partial charge in [-0.25, -0.2) is 13.6 Å². The normalized spacial score (nSPS) is 11.6. The summed E-state index contributed by atoms with van der Waals surface area (Å²) in [5.41, 5.74) is 1.11. The third kappa shape index (κ3) is 2.07. The molecule has 7 nitrogen and oxygen atoms in total. The van der Waals surface area contributed by atoms with Crippen molar-refractivity contribution in [3.05, 3.63) is 24.5 Å².